The van der Waals surface area contributed by atoms with E-state index in [-0.39, 0.29) is 11.7 Å². The standard InChI is InChI=1S/C15H15NO4/c1-4-5-12(17)13-14(20-3)15(18)16(13)10-6-8-11(19-2)9-7-10/h5-9,13-14H,1H2,2-3H3/t13-,14+/m0/s1. The molecule has 20 heavy (non-hydrogen) atoms. The average Bonchev–Trinajstić information content (AvgIpc) is 2.46. The number of ketones is 1. The largest absolute Gasteiger partial charge is 0.497 e. The third-order valence-corrected chi connectivity index (χ3v) is 3.19. The summed E-state index contributed by atoms with van der Waals surface area (Å²) in [6.07, 6.45) is 0.467. The van der Waals surface area contributed by atoms with E-state index < -0.39 is 12.1 Å². The SMILES string of the molecule is C=C=CC(=O)[C@H]1[C@@H](OC)C(=O)N1c1ccc(OC)cc1. The molecule has 0 aromatic heterocycles. The second kappa shape index (κ2) is 5.74. The van der Waals surface area contributed by atoms with E-state index in [1.165, 1.54) is 18.1 Å². The first kappa shape index (κ1) is 14.1. The summed E-state index contributed by atoms with van der Waals surface area (Å²) in [4.78, 5) is 25.4. The van der Waals surface area contributed by atoms with Crippen LogP contribution in [0.25, 0.3) is 0 Å². The maximum atomic E-state index is 12.0. The Balaban J connectivity index is 2.30. The first-order valence-corrected chi connectivity index (χ1v) is 6.03. The van der Waals surface area contributed by atoms with Crippen LogP contribution in [-0.2, 0) is 14.3 Å². The van der Waals surface area contributed by atoms with E-state index in [1.807, 2.05) is 0 Å². The minimum Gasteiger partial charge on any atom is -0.497 e. The number of hydrogen-bond acceptors (Lipinski definition) is 4. The first-order valence-electron chi connectivity index (χ1n) is 6.03. The highest BCUT2D eigenvalue weighted by atomic mass is 16.5. The molecule has 1 saturated heterocycles. The highest BCUT2D eigenvalue weighted by Crippen LogP contribution is 2.31. The Bertz CT molecular complexity index is 572. The lowest BCUT2D eigenvalue weighted by atomic mass is 9.92. The molecule has 2 atom stereocenters. The van der Waals surface area contributed by atoms with Crippen molar-refractivity contribution in [2.45, 2.75) is 12.1 Å². The van der Waals surface area contributed by atoms with Gasteiger partial charge in [-0.3, -0.25) is 14.5 Å². The average molecular weight is 273 g/mol. The Morgan fingerprint density at radius 2 is 2.00 bits per heavy atom. The fourth-order valence-corrected chi connectivity index (χ4v) is 2.19. The van der Waals surface area contributed by atoms with Gasteiger partial charge in [0, 0.05) is 18.9 Å². The van der Waals surface area contributed by atoms with Crippen molar-refractivity contribution < 1.29 is 19.1 Å². The first-order chi connectivity index (χ1) is 9.63. The molecule has 0 spiro atoms. The highest BCUT2D eigenvalue weighted by molar-refractivity contribution is 6.16. The van der Waals surface area contributed by atoms with Crippen LogP contribution >= 0.6 is 0 Å². The zero-order valence-corrected chi connectivity index (χ0v) is 11.3. The van der Waals surface area contributed by atoms with E-state index in [1.54, 1.807) is 31.4 Å². The van der Waals surface area contributed by atoms with Gasteiger partial charge in [-0.1, -0.05) is 6.58 Å². The molecule has 104 valence electrons. The summed E-state index contributed by atoms with van der Waals surface area (Å²) in [5.74, 6) is 0.176. The van der Waals surface area contributed by atoms with Crippen LogP contribution in [0.5, 0.6) is 5.75 Å². The molecule has 0 N–H and O–H groups in total. The number of anilines is 1. The molecule has 1 fully saturated rings. The van der Waals surface area contributed by atoms with Gasteiger partial charge in [0.1, 0.15) is 11.8 Å². The number of hydrogen-bond donors (Lipinski definition) is 0. The van der Waals surface area contributed by atoms with Crippen molar-refractivity contribution >= 4 is 17.4 Å². The van der Waals surface area contributed by atoms with E-state index in [2.05, 4.69) is 12.3 Å². The fourth-order valence-electron chi connectivity index (χ4n) is 2.19. The maximum absolute atomic E-state index is 12.0. The van der Waals surface area contributed by atoms with Crippen molar-refractivity contribution in [3.05, 3.63) is 42.7 Å². The van der Waals surface area contributed by atoms with Gasteiger partial charge in [0.05, 0.1) is 7.11 Å². The molecular weight excluding hydrogens is 258 g/mol. The van der Waals surface area contributed by atoms with Crippen LogP contribution in [0.4, 0.5) is 5.69 Å². The van der Waals surface area contributed by atoms with Crippen molar-refractivity contribution in [3.8, 4) is 5.75 Å². The molecule has 1 aliphatic rings. The van der Waals surface area contributed by atoms with Crippen LogP contribution in [-0.4, -0.2) is 38.1 Å². The van der Waals surface area contributed by atoms with Crippen molar-refractivity contribution in [1.29, 1.82) is 0 Å². The van der Waals surface area contributed by atoms with Crippen molar-refractivity contribution in [2.24, 2.45) is 0 Å². The van der Waals surface area contributed by atoms with Gasteiger partial charge in [0.15, 0.2) is 11.9 Å². The lowest BCUT2D eigenvalue weighted by molar-refractivity contribution is -0.144. The number of amides is 1. The Kier molecular flexibility index (Phi) is 4.03. The predicted molar refractivity (Wildman–Crippen MR) is 73.8 cm³/mol. The van der Waals surface area contributed by atoms with Gasteiger partial charge in [0.2, 0.25) is 0 Å². The van der Waals surface area contributed by atoms with Gasteiger partial charge in [-0.2, -0.15) is 0 Å². The van der Waals surface area contributed by atoms with Crippen LogP contribution < -0.4 is 9.64 Å². The number of benzene rings is 1. The van der Waals surface area contributed by atoms with Crippen LogP contribution in [0.3, 0.4) is 0 Å². The smallest absolute Gasteiger partial charge is 0.259 e. The summed E-state index contributed by atoms with van der Waals surface area (Å²) >= 11 is 0. The summed E-state index contributed by atoms with van der Waals surface area (Å²) in [5, 5.41) is 0. The minimum atomic E-state index is -0.755. The van der Waals surface area contributed by atoms with Gasteiger partial charge in [-0.15, -0.1) is 5.73 Å². The molecular formula is C15H15NO4. The molecule has 1 aliphatic heterocycles. The van der Waals surface area contributed by atoms with Crippen LogP contribution in [0.2, 0.25) is 0 Å². The third kappa shape index (κ3) is 2.25. The molecule has 0 bridgehead atoms. The van der Waals surface area contributed by atoms with E-state index in [0.29, 0.717) is 11.4 Å². The zero-order chi connectivity index (χ0) is 14.7. The number of rotatable bonds is 5. The minimum absolute atomic E-state index is 0.242. The molecule has 0 aliphatic carbocycles. The third-order valence-electron chi connectivity index (χ3n) is 3.19. The van der Waals surface area contributed by atoms with E-state index >= 15 is 0 Å². The van der Waals surface area contributed by atoms with Crippen molar-refractivity contribution in [2.75, 3.05) is 19.1 Å². The molecule has 1 amide bonds. The monoisotopic (exact) mass is 273 g/mol. The number of nitrogens with zero attached hydrogens (tertiary/aromatic N) is 1. The van der Waals surface area contributed by atoms with Gasteiger partial charge in [-0.05, 0) is 24.3 Å². The maximum Gasteiger partial charge on any atom is 0.259 e. The Morgan fingerprint density at radius 3 is 2.50 bits per heavy atom. The molecule has 0 unspecified atom stereocenters. The normalized spacial score (nSPS) is 20.9. The van der Waals surface area contributed by atoms with Crippen LogP contribution in [0.1, 0.15) is 0 Å². The second-order valence-corrected chi connectivity index (χ2v) is 4.26. The molecule has 5 heteroatoms. The van der Waals surface area contributed by atoms with Crippen molar-refractivity contribution in [3.63, 3.8) is 0 Å². The zero-order valence-electron chi connectivity index (χ0n) is 11.3. The van der Waals surface area contributed by atoms with Gasteiger partial charge in [0.25, 0.3) is 5.91 Å². The summed E-state index contributed by atoms with van der Waals surface area (Å²) < 4.78 is 10.1. The van der Waals surface area contributed by atoms with E-state index in [0.717, 1.165) is 0 Å². The fraction of sp³-hybridized carbons (Fsp3) is 0.267. The summed E-state index contributed by atoms with van der Waals surface area (Å²) in [6.45, 7) is 3.37. The summed E-state index contributed by atoms with van der Waals surface area (Å²) in [6, 6.07) is 6.23. The summed E-state index contributed by atoms with van der Waals surface area (Å²) in [7, 11) is 2.97. The molecule has 1 heterocycles. The molecule has 2 rings (SSSR count). The Morgan fingerprint density at radius 1 is 1.35 bits per heavy atom. The topological polar surface area (TPSA) is 55.8 Å². The number of carbonyl (C=O) groups excluding carboxylic acids is 2. The lowest BCUT2D eigenvalue weighted by Gasteiger charge is -2.44. The number of carbonyl (C=O) groups is 2. The lowest BCUT2D eigenvalue weighted by Crippen LogP contribution is -2.68. The molecule has 1 aromatic rings. The van der Waals surface area contributed by atoms with Gasteiger partial charge < -0.3 is 9.47 Å². The summed E-state index contributed by atoms with van der Waals surface area (Å²) in [5.41, 5.74) is 3.05. The number of methoxy groups -OCH3 is 2. The molecule has 5 nitrogen and oxygen atoms in total. The van der Waals surface area contributed by atoms with E-state index in [4.69, 9.17) is 9.47 Å². The van der Waals surface area contributed by atoms with Gasteiger partial charge >= 0.3 is 0 Å². The molecule has 0 saturated carbocycles. The predicted octanol–water partition coefficient (Wildman–Crippen LogP) is 1.34. The second-order valence-electron chi connectivity index (χ2n) is 4.26. The van der Waals surface area contributed by atoms with E-state index in [9.17, 15) is 9.59 Å². The number of ether oxygens (including phenoxy) is 2. The Hall–Kier alpha value is -2.36. The van der Waals surface area contributed by atoms with Crippen LogP contribution in [0.15, 0.2) is 42.7 Å². The molecule has 0 radical (unpaired) electrons. The number of β-lactam (4-membered cyclic amide) rings is 1. The van der Waals surface area contributed by atoms with Gasteiger partial charge in [-0.25, -0.2) is 0 Å². The highest BCUT2D eigenvalue weighted by Gasteiger charge is 2.51. The van der Waals surface area contributed by atoms with Crippen molar-refractivity contribution in [1.82, 2.24) is 0 Å². The quantitative estimate of drug-likeness (QED) is 0.461. The molecule has 1 aromatic carbocycles. The van der Waals surface area contributed by atoms with Crippen LogP contribution in [0, 0.1) is 0 Å². The Labute approximate surface area is 117 Å².